The zero-order chi connectivity index (χ0) is 27.4. The van der Waals surface area contributed by atoms with Crippen molar-refractivity contribution < 1.29 is 32.3 Å². The van der Waals surface area contributed by atoms with Crippen LogP contribution in [0.4, 0.5) is 13.2 Å². The monoisotopic (exact) mass is 546 g/mol. The molecule has 1 saturated carbocycles. The lowest BCUT2D eigenvalue weighted by Crippen LogP contribution is -2.45. The molecular formula is C25H21F3N4O5S. The molecule has 2 aromatic heterocycles. The van der Waals surface area contributed by atoms with E-state index in [4.69, 9.17) is 0 Å². The van der Waals surface area contributed by atoms with E-state index in [9.17, 15) is 37.1 Å². The largest absolute Gasteiger partial charge is 0.398 e. The number of hydrogen-bond acceptors (Lipinski definition) is 7. The van der Waals surface area contributed by atoms with Crippen LogP contribution in [-0.4, -0.2) is 39.2 Å². The molecule has 2 fully saturated rings. The van der Waals surface area contributed by atoms with E-state index in [2.05, 4.69) is 15.6 Å². The number of aryl methyl sites for hydroxylation is 1. The third-order valence-corrected chi connectivity index (χ3v) is 8.02. The molecule has 0 radical (unpaired) electrons. The van der Waals surface area contributed by atoms with Crippen LogP contribution >= 0.6 is 11.3 Å². The van der Waals surface area contributed by atoms with Crippen molar-refractivity contribution in [2.45, 2.75) is 56.8 Å². The molecule has 1 aliphatic carbocycles. The van der Waals surface area contributed by atoms with Crippen molar-refractivity contribution in [3.63, 3.8) is 0 Å². The summed E-state index contributed by atoms with van der Waals surface area (Å²) < 4.78 is 41.2. The van der Waals surface area contributed by atoms with Gasteiger partial charge in [-0.2, -0.15) is 13.2 Å². The number of halogens is 3. The molecule has 1 aliphatic heterocycles. The van der Waals surface area contributed by atoms with Crippen molar-refractivity contribution in [2.75, 3.05) is 0 Å². The highest BCUT2D eigenvalue weighted by Gasteiger charge is 2.64. The van der Waals surface area contributed by atoms with Crippen LogP contribution < -0.4 is 16.2 Å². The zero-order valence-electron chi connectivity index (χ0n) is 20.0. The Morgan fingerprint density at radius 3 is 2.47 bits per heavy atom. The van der Waals surface area contributed by atoms with Crippen molar-refractivity contribution in [3.05, 3.63) is 61.8 Å². The molecule has 2 aliphatic rings. The molecule has 5 rings (SSSR count). The van der Waals surface area contributed by atoms with E-state index in [0.29, 0.717) is 10.4 Å². The average molecular weight is 547 g/mol. The first-order valence-electron chi connectivity index (χ1n) is 11.8. The fourth-order valence-electron chi connectivity index (χ4n) is 4.75. The summed E-state index contributed by atoms with van der Waals surface area (Å²) in [6.07, 6.45) is -4.12. The number of thiophene rings is 1. The quantitative estimate of drug-likeness (QED) is 0.278. The van der Waals surface area contributed by atoms with Crippen molar-refractivity contribution in [3.8, 4) is 0 Å². The number of aromatic nitrogens is 2. The van der Waals surface area contributed by atoms with Crippen LogP contribution in [0.15, 0.2) is 34.4 Å². The summed E-state index contributed by atoms with van der Waals surface area (Å²) in [5.74, 6) is -2.58. The van der Waals surface area contributed by atoms with E-state index in [-0.39, 0.29) is 54.6 Å². The van der Waals surface area contributed by atoms with Crippen molar-refractivity contribution in [2.24, 2.45) is 0 Å². The Hall–Kier alpha value is -3.87. The molecule has 198 valence electrons. The number of carbonyl (C=O) groups is 4. The number of carbonyl (C=O) groups excluding carboxylic acids is 4. The minimum absolute atomic E-state index is 0.00877. The van der Waals surface area contributed by atoms with E-state index in [1.54, 1.807) is 12.3 Å². The first kappa shape index (κ1) is 25.8. The molecule has 1 saturated heterocycles. The Morgan fingerprint density at radius 2 is 1.87 bits per heavy atom. The van der Waals surface area contributed by atoms with Gasteiger partial charge in [0.05, 0.1) is 27.7 Å². The fraction of sp³-hybridized carbons (Fsp3) is 0.360. The predicted octanol–water partition coefficient (Wildman–Crippen LogP) is 2.84. The maximum atomic E-state index is 13.3. The second-order valence-electron chi connectivity index (χ2n) is 9.39. The average Bonchev–Trinajstić information content (AvgIpc) is 3.60. The van der Waals surface area contributed by atoms with Crippen molar-refractivity contribution in [1.82, 2.24) is 20.2 Å². The van der Waals surface area contributed by atoms with E-state index in [1.165, 1.54) is 28.8 Å². The minimum Gasteiger partial charge on any atom is -0.344 e. The SMILES string of the molecule is Cc1nc2c(CNC(=O)C(=O)c3ccc(C4(C(F)(F)F)CC4)cc3)scc2c(=O)n1C1CCC(=O)NC1=O. The standard InChI is InChI=1S/C25H21F3N4O5S/c1-12-30-19-15(23(37)32(12)16-6-7-18(33)31-21(16)35)11-38-17(19)10-29-22(36)20(34)13-2-4-14(5-3-13)24(8-9-24)25(26,27)28/h2-5,11,16H,6-10H2,1H3,(H,29,36)(H,31,33,35). The molecule has 1 unspecified atom stereocenters. The highest BCUT2D eigenvalue weighted by molar-refractivity contribution is 7.11. The summed E-state index contributed by atoms with van der Waals surface area (Å²) in [4.78, 5) is 66.9. The number of fused-ring (bicyclic) bond motifs is 1. The number of hydrogen-bond donors (Lipinski definition) is 2. The van der Waals surface area contributed by atoms with E-state index in [0.717, 1.165) is 11.3 Å². The lowest BCUT2D eigenvalue weighted by Gasteiger charge is -2.24. The molecule has 1 atom stereocenters. The number of nitrogens with one attached hydrogen (secondary N) is 2. The molecule has 2 N–H and O–H groups in total. The van der Waals surface area contributed by atoms with E-state index < -0.39 is 46.7 Å². The van der Waals surface area contributed by atoms with Crippen LogP contribution in [0.1, 0.15) is 58.3 Å². The van der Waals surface area contributed by atoms with Crippen LogP contribution in [0, 0.1) is 6.92 Å². The summed E-state index contributed by atoms with van der Waals surface area (Å²) in [5, 5.41) is 6.47. The highest BCUT2D eigenvalue weighted by Crippen LogP contribution is 2.58. The van der Waals surface area contributed by atoms with Gasteiger partial charge in [-0.15, -0.1) is 11.3 Å². The van der Waals surface area contributed by atoms with E-state index in [1.807, 2.05) is 0 Å². The molecule has 1 aromatic carbocycles. The maximum Gasteiger partial charge on any atom is 0.398 e. The summed E-state index contributed by atoms with van der Waals surface area (Å²) in [6.45, 7) is 1.45. The number of nitrogens with zero attached hydrogens (tertiary/aromatic N) is 2. The number of rotatable bonds is 6. The van der Waals surface area contributed by atoms with Gasteiger partial charge in [-0.05, 0) is 31.7 Å². The summed E-state index contributed by atoms with van der Waals surface area (Å²) in [7, 11) is 0. The summed E-state index contributed by atoms with van der Waals surface area (Å²) in [6, 6.07) is 4.02. The lowest BCUT2D eigenvalue weighted by molar-refractivity contribution is -0.160. The smallest absolute Gasteiger partial charge is 0.344 e. The highest BCUT2D eigenvalue weighted by atomic mass is 32.1. The number of piperidine rings is 1. The van der Waals surface area contributed by atoms with Gasteiger partial charge in [0.1, 0.15) is 11.9 Å². The molecule has 0 bridgehead atoms. The number of imide groups is 1. The first-order valence-corrected chi connectivity index (χ1v) is 12.6. The number of Topliss-reactive ketones (excluding diaryl/α,β-unsaturated/α-hetero) is 1. The molecule has 3 amide bonds. The predicted molar refractivity (Wildman–Crippen MR) is 130 cm³/mol. The molecule has 3 heterocycles. The minimum atomic E-state index is -4.38. The van der Waals surface area contributed by atoms with Crippen LogP contribution in [0.2, 0.25) is 0 Å². The van der Waals surface area contributed by atoms with Crippen molar-refractivity contribution >= 4 is 45.7 Å². The van der Waals surface area contributed by atoms with Crippen LogP contribution in [-0.2, 0) is 26.3 Å². The normalized spacial score (nSPS) is 18.8. The maximum absolute atomic E-state index is 13.3. The molecule has 9 nitrogen and oxygen atoms in total. The Bertz CT molecular complexity index is 1550. The summed E-state index contributed by atoms with van der Waals surface area (Å²) >= 11 is 1.14. The topological polar surface area (TPSA) is 127 Å². The fourth-order valence-corrected chi connectivity index (χ4v) is 5.65. The van der Waals surface area contributed by atoms with Gasteiger partial charge in [0.15, 0.2) is 0 Å². The van der Waals surface area contributed by atoms with Gasteiger partial charge < -0.3 is 5.32 Å². The molecule has 3 aromatic rings. The van der Waals surface area contributed by atoms with Gasteiger partial charge in [0.2, 0.25) is 17.6 Å². The molecule has 0 spiro atoms. The zero-order valence-corrected chi connectivity index (χ0v) is 20.8. The number of benzene rings is 1. The molecular weight excluding hydrogens is 525 g/mol. The van der Waals surface area contributed by atoms with Gasteiger partial charge in [0.25, 0.3) is 11.5 Å². The number of alkyl halides is 3. The van der Waals surface area contributed by atoms with Gasteiger partial charge in [-0.3, -0.25) is 33.9 Å². The second-order valence-corrected chi connectivity index (χ2v) is 10.4. The number of amides is 3. The van der Waals surface area contributed by atoms with Crippen LogP contribution in [0.25, 0.3) is 10.9 Å². The summed E-state index contributed by atoms with van der Waals surface area (Å²) in [5.41, 5.74) is -1.99. The lowest BCUT2D eigenvalue weighted by atomic mass is 9.94. The molecule has 38 heavy (non-hydrogen) atoms. The van der Waals surface area contributed by atoms with Gasteiger partial charge in [-0.25, -0.2) is 4.98 Å². The number of ketones is 1. The van der Waals surface area contributed by atoms with Crippen LogP contribution in [0.3, 0.4) is 0 Å². The Morgan fingerprint density at radius 1 is 1.18 bits per heavy atom. The second kappa shape index (κ2) is 9.15. The van der Waals surface area contributed by atoms with E-state index >= 15 is 0 Å². The first-order chi connectivity index (χ1) is 17.9. The Labute approximate surface area is 217 Å². The van der Waals surface area contributed by atoms with Crippen LogP contribution in [0.5, 0.6) is 0 Å². The van der Waals surface area contributed by atoms with Gasteiger partial charge in [0, 0.05) is 17.4 Å². The van der Waals surface area contributed by atoms with Gasteiger partial charge in [-0.1, -0.05) is 24.3 Å². The molecule has 13 heteroatoms. The third kappa shape index (κ3) is 4.30. The Balaban J connectivity index is 1.30. The van der Waals surface area contributed by atoms with Gasteiger partial charge >= 0.3 is 6.18 Å². The Kier molecular flexibility index (Phi) is 6.21. The van der Waals surface area contributed by atoms with Crippen molar-refractivity contribution in [1.29, 1.82) is 0 Å². The third-order valence-electron chi connectivity index (χ3n) is 7.04.